The molecule has 3 nitrogen and oxygen atoms in total. The Kier molecular flexibility index (Phi) is 3.80. The number of hydrogen-bond donors (Lipinski definition) is 2. The van der Waals surface area contributed by atoms with E-state index in [9.17, 15) is 5.11 Å². The number of hydrogen-bond acceptors (Lipinski definition) is 3. The monoisotopic (exact) mass is 220 g/mol. The number of piperazine rings is 1. The third-order valence-electron chi connectivity index (χ3n) is 3.16. The molecule has 1 fully saturated rings. The molecule has 0 saturated carbocycles. The molecule has 2 N–H and O–H groups in total. The predicted molar refractivity (Wildman–Crippen MR) is 65.6 cm³/mol. The van der Waals surface area contributed by atoms with Crippen molar-refractivity contribution < 1.29 is 5.11 Å². The van der Waals surface area contributed by atoms with Gasteiger partial charge in [-0.2, -0.15) is 0 Å². The van der Waals surface area contributed by atoms with Gasteiger partial charge in [-0.25, -0.2) is 0 Å². The van der Waals surface area contributed by atoms with Crippen LogP contribution >= 0.6 is 0 Å². The molecule has 3 heteroatoms. The van der Waals surface area contributed by atoms with Gasteiger partial charge in [-0.1, -0.05) is 19.1 Å². The lowest BCUT2D eigenvalue weighted by Gasteiger charge is -2.27. The Labute approximate surface area is 97.1 Å². The molecule has 2 rings (SSSR count). The summed E-state index contributed by atoms with van der Waals surface area (Å²) in [5.74, 6) is 0.427. The fourth-order valence-electron chi connectivity index (χ4n) is 2.10. The van der Waals surface area contributed by atoms with E-state index in [4.69, 9.17) is 0 Å². The molecular weight excluding hydrogens is 200 g/mol. The van der Waals surface area contributed by atoms with Crippen LogP contribution in [-0.2, 0) is 13.0 Å². The summed E-state index contributed by atoms with van der Waals surface area (Å²) < 4.78 is 0. The van der Waals surface area contributed by atoms with Crippen molar-refractivity contribution in [1.29, 1.82) is 0 Å². The maximum atomic E-state index is 9.82. The summed E-state index contributed by atoms with van der Waals surface area (Å²) in [6, 6.07) is 5.93. The molecule has 1 heterocycles. The van der Waals surface area contributed by atoms with Gasteiger partial charge < -0.3 is 10.4 Å². The van der Waals surface area contributed by atoms with Crippen molar-refractivity contribution >= 4 is 0 Å². The third-order valence-corrected chi connectivity index (χ3v) is 3.16. The fourth-order valence-corrected chi connectivity index (χ4v) is 2.10. The number of phenolic OH excluding ortho intramolecular Hbond substituents is 1. The number of rotatable bonds is 3. The molecule has 16 heavy (non-hydrogen) atoms. The molecule has 0 spiro atoms. The number of aryl methyl sites for hydroxylation is 1. The molecule has 1 saturated heterocycles. The molecule has 0 unspecified atom stereocenters. The van der Waals surface area contributed by atoms with E-state index in [0.717, 1.165) is 44.7 Å². The maximum Gasteiger partial charge on any atom is 0.120 e. The molecule has 0 radical (unpaired) electrons. The minimum Gasteiger partial charge on any atom is -0.508 e. The Morgan fingerprint density at radius 3 is 2.75 bits per heavy atom. The van der Waals surface area contributed by atoms with Crippen LogP contribution in [-0.4, -0.2) is 36.2 Å². The van der Waals surface area contributed by atoms with Crippen LogP contribution < -0.4 is 5.32 Å². The van der Waals surface area contributed by atoms with Crippen molar-refractivity contribution in [2.75, 3.05) is 26.2 Å². The normalized spacial score (nSPS) is 17.6. The highest BCUT2D eigenvalue weighted by atomic mass is 16.3. The molecule has 1 aliphatic rings. The first-order valence-corrected chi connectivity index (χ1v) is 6.03. The van der Waals surface area contributed by atoms with E-state index in [1.807, 2.05) is 12.1 Å². The van der Waals surface area contributed by atoms with Crippen molar-refractivity contribution in [2.45, 2.75) is 19.9 Å². The van der Waals surface area contributed by atoms with E-state index in [-0.39, 0.29) is 0 Å². The molecule has 1 aliphatic heterocycles. The van der Waals surface area contributed by atoms with Gasteiger partial charge >= 0.3 is 0 Å². The second-order valence-corrected chi connectivity index (χ2v) is 4.34. The van der Waals surface area contributed by atoms with Crippen molar-refractivity contribution in [1.82, 2.24) is 10.2 Å². The highest BCUT2D eigenvalue weighted by Crippen LogP contribution is 2.20. The molecule has 1 aromatic carbocycles. The molecule has 0 bridgehead atoms. The summed E-state index contributed by atoms with van der Waals surface area (Å²) in [5, 5.41) is 13.2. The van der Waals surface area contributed by atoms with Crippen LogP contribution in [0.1, 0.15) is 18.1 Å². The van der Waals surface area contributed by atoms with Crippen LogP contribution in [0.15, 0.2) is 18.2 Å². The summed E-state index contributed by atoms with van der Waals surface area (Å²) in [7, 11) is 0. The van der Waals surface area contributed by atoms with Crippen LogP contribution in [0.2, 0.25) is 0 Å². The van der Waals surface area contributed by atoms with E-state index in [2.05, 4.69) is 23.2 Å². The molecule has 88 valence electrons. The van der Waals surface area contributed by atoms with Gasteiger partial charge in [0.15, 0.2) is 0 Å². The zero-order chi connectivity index (χ0) is 11.4. The summed E-state index contributed by atoms with van der Waals surface area (Å²) in [6.07, 6.45) is 1.02. The first-order valence-electron chi connectivity index (χ1n) is 6.03. The van der Waals surface area contributed by atoms with Crippen molar-refractivity contribution in [2.24, 2.45) is 0 Å². The van der Waals surface area contributed by atoms with Crippen LogP contribution in [0.4, 0.5) is 0 Å². The average Bonchev–Trinajstić information content (AvgIpc) is 2.33. The lowest BCUT2D eigenvalue weighted by Crippen LogP contribution is -2.42. The van der Waals surface area contributed by atoms with Gasteiger partial charge in [0.1, 0.15) is 5.75 Å². The third kappa shape index (κ3) is 2.74. The maximum absolute atomic E-state index is 9.82. The summed E-state index contributed by atoms with van der Waals surface area (Å²) in [6.45, 7) is 7.23. The average molecular weight is 220 g/mol. The molecule has 0 atom stereocenters. The Balaban J connectivity index is 2.06. The lowest BCUT2D eigenvalue weighted by atomic mass is 10.1. The van der Waals surface area contributed by atoms with Crippen LogP contribution in [0.3, 0.4) is 0 Å². The van der Waals surface area contributed by atoms with Gasteiger partial charge in [-0.05, 0) is 18.1 Å². The topological polar surface area (TPSA) is 35.5 Å². The second kappa shape index (κ2) is 5.32. The van der Waals surface area contributed by atoms with Crippen molar-refractivity contribution in [3.05, 3.63) is 29.3 Å². The Bertz CT molecular complexity index is 346. The number of aromatic hydroxyl groups is 1. The van der Waals surface area contributed by atoms with Gasteiger partial charge in [0, 0.05) is 38.3 Å². The summed E-state index contributed by atoms with van der Waals surface area (Å²) >= 11 is 0. The summed E-state index contributed by atoms with van der Waals surface area (Å²) in [4.78, 5) is 2.38. The first-order chi connectivity index (χ1) is 7.79. The Morgan fingerprint density at radius 1 is 1.31 bits per heavy atom. The van der Waals surface area contributed by atoms with E-state index < -0.39 is 0 Å². The number of benzene rings is 1. The Morgan fingerprint density at radius 2 is 2.06 bits per heavy atom. The highest BCUT2D eigenvalue weighted by molar-refractivity contribution is 5.36. The smallest absolute Gasteiger partial charge is 0.120 e. The van der Waals surface area contributed by atoms with E-state index in [0.29, 0.717) is 5.75 Å². The van der Waals surface area contributed by atoms with Gasteiger partial charge in [-0.3, -0.25) is 4.90 Å². The standard InChI is InChI=1S/C13H20N2O/c1-2-11-3-4-13(16)12(9-11)10-15-7-5-14-6-8-15/h3-4,9,14,16H,2,5-8,10H2,1H3. The molecule has 0 aromatic heterocycles. The van der Waals surface area contributed by atoms with Gasteiger partial charge in [0.2, 0.25) is 0 Å². The minimum absolute atomic E-state index is 0.427. The molecule has 0 aliphatic carbocycles. The predicted octanol–water partition coefficient (Wildman–Crippen LogP) is 1.36. The number of nitrogens with one attached hydrogen (secondary N) is 1. The lowest BCUT2D eigenvalue weighted by molar-refractivity contribution is 0.230. The van der Waals surface area contributed by atoms with Crippen molar-refractivity contribution in [3.8, 4) is 5.75 Å². The first kappa shape index (κ1) is 11.4. The molecule has 0 amide bonds. The van der Waals surface area contributed by atoms with E-state index in [1.54, 1.807) is 0 Å². The molecule has 1 aromatic rings. The molecular formula is C13H20N2O. The SMILES string of the molecule is CCc1ccc(O)c(CN2CCNCC2)c1. The van der Waals surface area contributed by atoms with Gasteiger partial charge in [-0.15, -0.1) is 0 Å². The van der Waals surface area contributed by atoms with Crippen LogP contribution in [0, 0.1) is 0 Å². The Hall–Kier alpha value is -1.06. The summed E-state index contributed by atoms with van der Waals surface area (Å²) in [5.41, 5.74) is 2.35. The zero-order valence-corrected chi connectivity index (χ0v) is 9.87. The van der Waals surface area contributed by atoms with Gasteiger partial charge in [0.05, 0.1) is 0 Å². The largest absolute Gasteiger partial charge is 0.508 e. The van der Waals surface area contributed by atoms with Crippen LogP contribution in [0.5, 0.6) is 5.75 Å². The second-order valence-electron chi connectivity index (χ2n) is 4.34. The van der Waals surface area contributed by atoms with Gasteiger partial charge in [0.25, 0.3) is 0 Å². The number of phenols is 1. The highest BCUT2D eigenvalue weighted by Gasteiger charge is 2.12. The number of nitrogens with zero attached hydrogens (tertiary/aromatic N) is 1. The zero-order valence-electron chi connectivity index (χ0n) is 9.87. The van der Waals surface area contributed by atoms with Crippen LogP contribution in [0.25, 0.3) is 0 Å². The van der Waals surface area contributed by atoms with Crippen molar-refractivity contribution in [3.63, 3.8) is 0 Å². The van der Waals surface area contributed by atoms with E-state index >= 15 is 0 Å². The minimum atomic E-state index is 0.427. The van der Waals surface area contributed by atoms with E-state index in [1.165, 1.54) is 5.56 Å². The fraction of sp³-hybridized carbons (Fsp3) is 0.538. The quantitative estimate of drug-likeness (QED) is 0.807.